The average Bonchev–Trinajstić information content (AvgIpc) is 3.00. The van der Waals surface area contributed by atoms with E-state index >= 15 is 0 Å². The SMILES string of the molecule is CCc1noc(CN(C)C(=O)Cc2c(C)noc2C)n1. The van der Waals surface area contributed by atoms with Crippen molar-refractivity contribution in [3.05, 3.63) is 28.7 Å². The molecule has 0 N–H and O–H groups in total. The summed E-state index contributed by atoms with van der Waals surface area (Å²) < 4.78 is 10.1. The molecule has 0 aromatic carbocycles. The Kier molecular flexibility index (Phi) is 4.16. The highest BCUT2D eigenvalue weighted by molar-refractivity contribution is 5.78. The lowest BCUT2D eigenvalue weighted by molar-refractivity contribution is -0.130. The maximum atomic E-state index is 12.2. The zero-order chi connectivity index (χ0) is 14.7. The fourth-order valence-electron chi connectivity index (χ4n) is 1.83. The summed E-state index contributed by atoms with van der Waals surface area (Å²) in [5.41, 5.74) is 1.58. The minimum Gasteiger partial charge on any atom is -0.361 e. The molecule has 0 radical (unpaired) electrons. The van der Waals surface area contributed by atoms with E-state index in [1.54, 1.807) is 18.9 Å². The van der Waals surface area contributed by atoms with Gasteiger partial charge in [0.05, 0.1) is 18.7 Å². The highest BCUT2D eigenvalue weighted by Gasteiger charge is 2.18. The fourth-order valence-corrected chi connectivity index (χ4v) is 1.83. The van der Waals surface area contributed by atoms with Crippen LogP contribution in [-0.4, -0.2) is 33.2 Å². The van der Waals surface area contributed by atoms with Crippen molar-refractivity contribution in [3.63, 3.8) is 0 Å². The van der Waals surface area contributed by atoms with Crippen molar-refractivity contribution in [2.75, 3.05) is 7.05 Å². The molecule has 0 aliphatic carbocycles. The molecule has 0 atom stereocenters. The number of carbonyl (C=O) groups is 1. The van der Waals surface area contributed by atoms with Gasteiger partial charge in [0.15, 0.2) is 5.82 Å². The molecular formula is C13H18N4O3. The lowest BCUT2D eigenvalue weighted by Crippen LogP contribution is -2.28. The summed E-state index contributed by atoms with van der Waals surface area (Å²) in [4.78, 5) is 17.9. The van der Waals surface area contributed by atoms with Crippen LogP contribution in [0.25, 0.3) is 0 Å². The first-order chi connectivity index (χ1) is 9.51. The average molecular weight is 278 g/mol. The van der Waals surface area contributed by atoms with E-state index in [1.807, 2.05) is 13.8 Å². The van der Waals surface area contributed by atoms with Crippen LogP contribution in [0.4, 0.5) is 0 Å². The van der Waals surface area contributed by atoms with Gasteiger partial charge in [0.1, 0.15) is 5.76 Å². The van der Waals surface area contributed by atoms with E-state index in [-0.39, 0.29) is 12.3 Å². The molecule has 0 aliphatic rings. The Bertz CT molecular complexity index is 583. The molecule has 0 bridgehead atoms. The molecule has 0 spiro atoms. The Balaban J connectivity index is 1.98. The van der Waals surface area contributed by atoms with Gasteiger partial charge in [-0.3, -0.25) is 4.79 Å². The summed E-state index contributed by atoms with van der Waals surface area (Å²) >= 11 is 0. The van der Waals surface area contributed by atoms with Crippen molar-refractivity contribution < 1.29 is 13.8 Å². The first kappa shape index (κ1) is 14.2. The highest BCUT2D eigenvalue weighted by Crippen LogP contribution is 2.14. The van der Waals surface area contributed by atoms with Gasteiger partial charge in [-0.2, -0.15) is 4.98 Å². The molecule has 2 heterocycles. The largest absolute Gasteiger partial charge is 0.361 e. The molecule has 7 nitrogen and oxygen atoms in total. The molecule has 0 saturated heterocycles. The van der Waals surface area contributed by atoms with Crippen LogP contribution >= 0.6 is 0 Å². The van der Waals surface area contributed by atoms with Crippen LogP contribution in [0.15, 0.2) is 9.05 Å². The number of rotatable bonds is 5. The van der Waals surface area contributed by atoms with E-state index < -0.39 is 0 Å². The van der Waals surface area contributed by atoms with Gasteiger partial charge in [0, 0.05) is 19.0 Å². The lowest BCUT2D eigenvalue weighted by Gasteiger charge is -2.14. The summed E-state index contributed by atoms with van der Waals surface area (Å²) in [5.74, 6) is 1.72. The second kappa shape index (κ2) is 5.85. The van der Waals surface area contributed by atoms with Crippen molar-refractivity contribution in [2.45, 2.75) is 40.2 Å². The maximum absolute atomic E-state index is 12.2. The Labute approximate surface area is 116 Å². The zero-order valence-electron chi connectivity index (χ0n) is 12.1. The summed E-state index contributed by atoms with van der Waals surface area (Å²) in [7, 11) is 1.70. The highest BCUT2D eigenvalue weighted by atomic mass is 16.5. The normalized spacial score (nSPS) is 10.8. The molecule has 0 unspecified atom stereocenters. The number of aromatic nitrogens is 3. The van der Waals surface area contributed by atoms with Crippen LogP contribution in [0, 0.1) is 13.8 Å². The third-order valence-electron chi connectivity index (χ3n) is 3.13. The first-order valence-corrected chi connectivity index (χ1v) is 6.48. The van der Waals surface area contributed by atoms with E-state index in [2.05, 4.69) is 15.3 Å². The van der Waals surface area contributed by atoms with Gasteiger partial charge in [-0.25, -0.2) is 0 Å². The van der Waals surface area contributed by atoms with Gasteiger partial charge in [-0.1, -0.05) is 17.2 Å². The predicted molar refractivity (Wildman–Crippen MR) is 69.8 cm³/mol. The standard InChI is InChI=1S/C13H18N4O3/c1-5-11-14-12(20-16-11)7-17(4)13(18)6-10-8(2)15-19-9(10)3/h5-7H2,1-4H3. The fraction of sp³-hybridized carbons (Fsp3) is 0.538. The molecule has 20 heavy (non-hydrogen) atoms. The number of amides is 1. The Morgan fingerprint density at radius 2 is 2.00 bits per heavy atom. The van der Waals surface area contributed by atoms with Crippen LogP contribution in [0.1, 0.15) is 35.7 Å². The molecule has 108 valence electrons. The van der Waals surface area contributed by atoms with Crippen LogP contribution in [0.5, 0.6) is 0 Å². The van der Waals surface area contributed by atoms with Gasteiger partial charge >= 0.3 is 0 Å². The minimum absolute atomic E-state index is 0.0457. The van der Waals surface area contributed by atoms with Crippen molar-refractivity contribution in [1.29, 1.82) is 0 Å². The van der Waals surface area contributed by atoms with Crippen LogP contribution in [-0.2, 0) is 24.2 Å². The van der Waals surface area contributed by atoms with Gasteiger partial charge in [0.25, 0.3) is 0 Å². The topological polar surface area (TPSA) is 85.3 Å². The number of likely N-dealkylation sites (N-methyl/N-ethyl adjacent to an activating group) is 1. The van der Waals surface area contributed by atoms with Crippen molar-refractivity contribution in [3.8, 4) is 0 Å². The van der Waals surface area contributed by atoms with Gasteiger partial charge in [-0.05, 0) is 13.8 Å². The monoisotopic (exact) mass is 278 g/mol. The third-order valence-corrected chi connectivity index (χ3v) is 3.13. The van der Waals surface area contributed by atoms with Crippen molar-refractivity contribution in [1.82, 2.24) is 20.2 Å². The number of carbonyl (C=O) groups excluding carboxylic acids is 1. The summed E-state index contributed by atoms with van der Waals surface area (Å²) in [6, 6.07) is 0. The van der Waals surface area contributed by atoms with Gasteiger partial charge < -0.3 is 13.9 Å². The molecule has 0 fully saturated rings. The summed E-state index contributed by atoms with van der Waals surface area (Å²) in [6.45, 7) is 5.87. The molecule has 0 saturated carbocycles. The van der Waals surface area contributed by atoms with Crippen LogP contribution < -0.4 is 0 Å². The smallest absolute Gasteiger partial charge is 0.246 e. The molecular weight excluding hydrogens is 260 g/mol. The van der Waals surface area contributed by atoms with E-state index in [4.69, 9.17) is 9.05 Å². The predicted octanol–water partition coefficient (Wildman–Crippen LogP) is 1.44. The molecule has 0 aliphatic heterocycles. The number of nitrogens with zero attached hydrogens (tertiary/aromatic N) is 4. The zero-order valence-corrected chi connectivity index (χ0v) is 12.1. The number of aryl methyl sites for hydroxylation is 3. The Hall–Kier alpha value is -2.18. The number of hydrogen-bond acceptors (Lipinski definition) is 6. The lowest BCUT2D eigenvalue weighted by atomic mass is 10.1. The quantitative estimate of drug-likeness (QED) is 0.822. The van der Waals surface area contributed by atoms with E-state index in [0.29, 0.717) is 30.4 Å². The second-order valence-corrected chi connectivity index (χ2v) is 4.69. The van der Waals surface area contributed by atoms with E-state index in [1.165, 1.54) is 0 Å². The number of hydrogen-bond donors (Lipinski definition) is 0. The first-order valence-electron chi connectivity index (χ1n) is 6.48. The third kappa shape index (κ3) is 3.04. The molecule has 1 amide bonds. The molecule has 2 aromatic rings. The van der Waals surface area contributed by atoms with Crippen LogP contribution in [0.2, 0.25) is 0 Å². The van der Waals surface area contributed by atoms with Crippen LogP contribution in [0.3, 0.4) is 0 Å². The maximum Gasteiger partial charge on any atom is 0.246 e. The molecule has 7 heteroatoms. The summed E-state index contributed by atoms with van der Waals surface area (Å²) in [5, 5.41) is 7.64. The second-order valence-electron chi connectivity index (χ2n) is 4.69. The van der Waals surface area contributed by atoms with Gasteiger partial charge in [-0.15, -0.1) is 0 Å². The molecule has 2 rings (SSSR count). The molecule has 2 aromatic heterocycles. The van der Waals surface area contributed by atoms with Gasteiger partial charge in [0.2, 0.25) is 11.8 Å². The minimum atomic E-state index is -0.0457. The Morgan fingerprint density at radius 1 is 1.25 bits per heavy atom. The Morgan fingerprint density at radius 3 is 2.55 bits per heavy atom. The summed E-state index contributed by atoms with van der Waals surface area (Å²) in [6.07, 6.45) is 0.965. The van der Waals surface area contributed by atoms with E-state index in [0.717, 1.165) is 11.3 Å². The van der Waals surface area contributed by atoms with Crippen molar-refractivity contribution >= 4 is 5.91 Å². The van der Waals surface area contributed by atoms with Crippen molar-refractivity contribution in [2.24, 2.45) is 0 Å². The van der Waals surface area contributed by atoms with E-state index in [9.17, 15) is 4.79 Å².